The second-order valence-corrected chi connectivity index (χ2v) is 7.47. The fraction of sp³-hybridized carbons (Fsp3) is 0.375. The lowest BCUT2D eigenvalue weighted by Gasteiger charge is -2.27. The number of halogens is 1. The summed E-state index contributed by atoms with van der Waals surface area (Å²) in [6.45, 7) is 5.81. The van der Waals surface area contributed by atoms with Crippen LogP contribution in [0, 0.1) is 0 Å². The summed E-state index contributed by atoms with van der Waals surface area (Å²) in [5, 5.41) is 8.33. The molecule has 1 heterocycles. The minimum atomic E-state index is -0.351. The van der Waals surface area contributed by atoms with Crippen molar-refractivity contribution in [3.63, 3.8) is 0 Å². The molecule has 6 nitrogen and oxygen atoms in total. The van der Waals surface area contributed by atoms with Crippen molar-refractivity contribution in [2.75, 3.05) is 11.4 Å². The molecule has 0 saturated heterocycles. The quantitative estimate of drug-likeness (QED) is 0.792. The molecule has 128 valence electrons. The summed E-state index contributed by atoms with van der Waals surface area (Å²) in [5.74, 6) is -0.572. The Kier molecular flexibility index (Phi) is 6.06. The van der Waals surface area contributed by atoms with Crippen LogP contribution in [0.4, 0.5) is 5.69 Å². The first-order chi connectivity index (χ1) is 11.3. The lowest BCUT2D eigenvalue weighted by Crippen LogP contribution is -2.48. The van der Waals surface area contributed by atoms with Crippen LogP contribution in [0.2, 0.25) is 0 Å². The third-order valence-electron chi connectivity index (χ3n) is 3.63. The molecular weight excluding hydrogens is 392 g/mol. The topological polar surface area (TPSA) is 75.2 Å². The Bertz CT molecular complexity index is 701. The van der Waals surface area contributed by atoms with Gasteiger partial charge < -0.3 is 5.32 Å². The average Bonchev–Trinajstić information content (AvgIpc) is 3.07. The van der Waals surface area contributed by atoms with Crippen molar-refractivity contribution in [3.8, 4) is 0 Å². The molecule has 1 aromatic carbocycles. The Morgan fingerprint density at radius 1 is 1.29 bits per heavy atom. The zero-order valence-corrected chi connectivity index (χ0v) is 16.1. The highest BCUT2D eigenvalue weighted by Crippen LogP contribution is 2.20. The standard InChI is InChI=1S/C16H19BrN4O2S/c1-4-16(2,3)18-14(22)9-21(12-7-5-11(17)6-8-12)15(23)13-10-24-20-19-13/h5-8,10H,4,9H2,1-3H3,(H,18,22). The third-order valence-corrected chi connectivity index (χ3v) is 4.66. The first-order valence-electron chi connectivity index (χ1n) is 7.48. The van der Waals surface area contributed by atoms with Crippen molar-refractivity contribution >= 4 is 45.0 Å². The normalized spacial score (nSPS) is 11.2. The van der Waals surface area contributed by atoms with Crippen LogP contribution in [0.1, 0.15) is 37.7 Å². The first kappa shape index (κ1) is 18.5. The molecule has 8 heteroatoms. The van der Waals surface area contributed by atoms with Gasteiger partial charge in [-0.15, -0.1) is 5.10 Å². The molecule has 0 fully saturated rings. The van der Waals surface area contributed by atoms with Crippen LogP contribution in [0.3, 0.4) is 0 Å². The van der Waals surface area contributed by atoms with E-state index in [0.29, 0.717) is 5.69 Å². The van der Waals surface area contributed by atoms with E-state index in [1.807, 2.05) is 32.9 Å². The summed E-state index contributed by atoms with van der Waals surface area (Å²) >= 11 is 4.47. The van der Waals surface area contributed by atoms with Gasteiger partial charge in [0.05, 0.1) is 0 Å². The van der Waals surface area contributed by atoms with Crippen molar-refractivity contribution in [1.82, 2.24) is 14.9 Å². The average molecular weight is 411 g/mol. The maximum atomic E-state index is 12.7. The highest BCUT2D eigenvalue weighted by atomic mass is 79.9. The second-order valence-electron chi connectivity index (χ2n) is 5.94. The SMILES string of the molecule is CCC(C)(C)NC(=O)CN(C(=O)c1csnn1)c1ccc(Br)cc1. The fourth-order valence-corrected chi connectivity index (χ4v) is 2.64. The summed E-state index contributed by atoms with van der Waals surface area (Å²) in [6, 6.07) is 7.20. The summed E-state index contributed by atoms with van der Waals surface area (Å²) in [4.78, 5) is 26.5. The van der Waals surface area contributed by atoms with Gasteiger partial charge in [-0.2, -0.15) is 0 Å². The van der Waals surface area contributed by atoms with E-state index in [9.17, 15) is 9.59 Å². The molecule has 2 aromatic rings. The van der Waals surface area contributed by atoms with E-state index in [4.69, 9.17) is 0 Å². The van der Waals surface area contributed by atoms with Crippen molar-refractivity contribution < 1.29 is 9.59 Å². The number of carbonyl (C=O) groups excluding carboxylic acids is 2. The molecule has 0 aliphatic rings. The maximum Gasteiger partial charge on any atom is 0.280 e. The molecule has 24 heavy (non-hydrogen) atoms. The lowest BCUT2D eigenvalue weighted by atomic mass is 10.0. The van der Waals surface area contributed by atoms with Crippen molar-refractivity contribution in [1.29, 1.82) is 0 Å². The third kappa shape index (κ3) is 4.85. The van der Waals surface area contributed by atoms with E-state index < -0.39 is 0 Å². The van der Waals surface area contributed by atoms with Gasteiger partial charge in [-0.25, -0.2) is 0 Å². The maximum absolute atomic E-state index is 12.7. The van der Waals surface area contributed by atoms with Crippen molar-refractivity contribution in [2.45, 2.75) is 32.7 Å². The molecular formula is C16H19BrN4O2S. The second kappa shape index (κ2) is 7.85. The Morgan fingerprint density at radius 3 is 2.50 bits per heavy atom. The number of nitrogens with zero attached hydrogens (tertiary/aromatic N) is 3. The summed E-state index contributed by atoms with van der Waals surface area (Å²) in [5.41, 5.74) is 0.527. The highest BCUT2D eigenvalue weighted by molar-refractivity contribution is 9.10. The minimum Gasteiger partial charge on any atom is -0.350 e. The van der Waals surface area contributed by atoms with Gasteiger partial charge >= 0.3 is 0 Å². The Morgan fingerprint density at radius 2 is 1.96 bits per heavy atom. The van der Waals surface area contributed by atoms with Crippen molar-refractivity contribution in [2.24, 2.45) is 0 Å². The highest BCUT2D eigenvalue weighted by Gasteiger charge is 2.25. The van der Waals surface area contributed by atoms with Gasteiger partial charge in [-0.05, 0) is 56.1 Å². The fourth-order valence-electron chi connectivity index (χ4n) is 1.95. The zero-order chi connectivity index (χ0) is 17.7. The predicted octanol–water partition coefficient (Wildman–Crippen LogP) is 3.25. The predicted molar refractivity (Wildman–Crippen MR) is 98.2 cm³/mol. The molecule has 0 unspecified atom stereocenters. The molecule has 2 rings (SSSR count). The Labute approximate surface area is 153 Å². The van der Waals surface area contributed by atoms with Crippen LogP contribution in [-0.2, 0) is 4.79 Å². The molecule has 2 amide bonds. The number of hydrogen-bond acceptors (Lipinski definition) is 5. The lowest BCUT2D eigenvalue weighted by molar-refractivity contribution is -0.121. The van der Waals surface area contributed by atoms with Gasteiger partial charge in [-0.3, -0.25) is 14.5 Å². The summed E-state index contributed by atoms with van der Waals surface area (Å²) in [6.07, 6.45) is 0.793. The summed E-state index contributed by atoms with van der Waals surface area (Å²) < 4.78 is 4.62. The monoisotopic (exact) mass is 410 g/mol. The largest absolute Gasteiger partial charge is 0.350 e. The van der Waals surface area contributed by atoms with E-state index in [1.54, 1.807) is 17.5 Å². The van der Waals surface area contributed by atoms with Gasteiger partial charge in [0.15, 0.2) is 5.69 Å². The Hall–Kier alpha value is -1.80. The van der Waals surface area contributed by atoms with E-state index in [1.165, 1.54) is 4.90 Å². The number of nitrogens with one attached hydrogen (secondary N) is 1. The first-order valence-corrected chi connectivity index (χ1v) is 9.11. The number of anilines is 1. The smallest absolute Gasteiger partial charge is 0.280 e. The van der Waals surface area contributed by atoms with E-state index in [2.05, 4.69) is 30.8 Å². The molecule has 0 spiro atoms. The van der Waals surface area contributed by atoms with Gasteiger partial charge in [0.25, 0.3) is 5.91 Å². The minimum absolute atomic E-state index is 0.0819. The number of aromatic nitrogens is 2. The van der Waals surface area contributed by atoms with Crippen LogP contribution < -0.4 is 10.2 Å². The van der Waals surface area contributed by atoms with Gasteiger partial charge in [0.2, 0.25) is 5.91 Å². The molecule has 1 aromatic heterocycles. The summed E-state index contributed by atoms with van der Waals surface area (Å²) in [7, 11) is 0. The van der Waals surface area contributed by atoms with Crippen LogP contribution in [0.15, 0.2) is 34.1 Å². The van der Waals surface area contributed by atoms with Crippen LogP contribution >= 0.6 is 27.5 Å². The Balaban J connectivity index is 2.24. The van der Waals surface area contributed by atoms with Crippen molar-refractivity contribution in [3.05, 3.63) is 39.8 Å². The molecule has 0 aliphatic carbocycles. The molecule has 0 bridgehead atoms. The van der Waals surface area contributed by atoms with Gasteiger partial charge in [0.1, 0.15) is 6.54 Å². The number of hydrogen-bond donors (Lipinski definition) is 1. The van der Waals surface area contributed by atoms with E-state index in [0.717, 1.165) is 22.4 Å². The molecule has 0 saturated carbocycles. The van der Waals surface area contributed by atoms with Crippen LogP contribution in [0.25, 0.3) is 0 Å². The van der Waals surface area contributed by atoms with E-state index in [-0.39, 0.29) is 29.6 Å². The molecule has 0 atom stereocenters. The number of amides is 2. The van der Waals surface area contributed by atoms with Gasteiger partial charge in [0, 0.05) is 21.1 Å². The van der Waals surface area contributed by atoms with Crippen LogP contribution in [-0.4, -0.2) is 33.5 Å². The zero-order valence-electron chi connectivity index (χ0n) is 13.7. The number of carbonyl (C=O) groups is 2. The molecule has 0 radical (unpaired) electrons. The van der Waals surface area contributed by atoms with E-state index >= 15 is 0 Å². The van der Waals surface area contributed by atoms with Crippen LogP contribution in [0.5, 0.6) is 0 Å². The van der Waals surface area contributed by atoms with Gasteiger partial charge in [-0.1, -0.05) is 27.3 Å². The molecule has 1 N–H and O–H groups in total. The number of benzene rings is 1. The molecule has 0 aliphatic heterocycles. The number of rotatable bonds is 6.